The summed E-state index contributed by atoms with van der Waals surface area (Å²) in [6, 6.07) is 2.32. The zero-order valence-corrected chi connectivity index (χ0v) is 13.4. The van der Waals surface area contributed by atoms with Crippen LogP contribution in [0, 0.1) is 0 Å². The number of rotatable bonds is 4. The van der Waals surface area contributed by atoms with Crippen molar-refractivity contribution in [3.8, 4) is 9.88 Å². The highest BCUT2D eigenvalue weighted by Crippen LogP contribution is 2.39. The van der Waals surface area contributed by atoms with Crippen molar-refractivity contribution in [3.05, 3.63) is 25.9 Å². The van der Waals surface area contributed by atoms with Gasteiger partial charge in [-0.2, -0.15) is 0 Å². The first kappa shape index (κ1) is 13.5. The quantitative estimate of drug-likeness (QED) is 0.842. The molecule has 0 amide bonds. The van der Waals surface area contributed by atoms with Gasteiger partial charge in [0.15, 0.2) is 0 Å². The largest absolute Gasteiger partial charge is 0.309 e. The molecule has 0 fully saturated rings. The number of hydrogen-bond donors (Lipinski definition) is 1. The van der Waals surface area contributed by atoms with Crippen LogP contribution < -0.4 is 5.32 Å². The van der Waals surface area contributed by atoms with Crippen molar-refractivity contribution in [3.63, 3.8) is 0 Å². The van der Waals surface area contributed by atoms with Gasteiger partial charge in [-0.25, -0.2) is 4.98 Å². The minimum absolute atomic E-state index is 0.295. The van der Waals surface area contributed by atoms with Gasteiger partial charge in [0.05, 0.1) is 10.6 Å². The maximum absolute atomic E-state index is 6.03. The molecule has 0 aliphatic heterocycles. The van der Waals surface area contributed by atoms with Crippen molar-refractivity contribution in [2.45, 2.75) is 19.9 Å². The Kier molecular flexibility index (Phi) is 4.60. The zero-order valence-electron chi connectivity index (χ0n) is 9.46. The molecule has 0 aliphatic rings. The zero-order chi connectivity index (χ0) is 12.4. The minimum Gasteiger partial charge on any atom is -0.309 e. The van der Waals surface area contributed by atoms with Crippen LogP contribution >= 0.6 is 50.2 Å². The molecule has 2 heterocycles. The number of nitrogens with one attached hydrogen (secondary N) is 1. The molecule has 17 heavy (non-hydrogen) atoms. The lowest BCUT2D eigenvalue weighted by Crippen LogP contribution is -2.17. The Bertz CT molecular complexity index is 490. The van der Waals surface area contributed by atoms with Crippen molar-refractivity contribution in [1.29, 1.82) is 0 Å². The van der Waals surface area contributed by atoms with E-state index in [0.717, 1.165) is 30.9 Å². The summed E-state index contributed by atoms with van der Waals surface area (Å²) < 4.78 is 1.71. The fourth-order valence-electron chi connectivity index (χ4n) is 1.46. The first-order valence-corrected chi connectivity index (χ1v) is 8.12. The summed E-state index contributed by atoms with van der Waals surface area (Å²) in [4.78, 5) is 5.75. The molecule has 1 unspecified atom stereocenters. The number of halogens is 2. The predicted octanol–water partition coefficient (Wildman–Crippen LogP) is 4.96. The summed E-state index contributed by atoms with van der Waals surface area (Å²) >= 11 is 12.7. The highest BCUT2D eigenvalue weighted by molar-refractivity contribution is 9.10. The molecule has 0 saturated heterocycles. The molecule has 0 spiro atoms. The van der Waals surface area contributed by atoms with E-state index in [9.17, 15) is 0 Å². The van der Waals surface area contributed by atoms with E-state index in [0.29, 0.717) is 6.04 Å². The smallest absolute Gasteiger partial charge is 0.133 e. The van der Waals surface area contributed by atoms with E-state index in [1.54, 1.807) is 22.7 Å². The molecule has 2 rings (SSSR count). The Morgan fingerprint density at radius 2 is 2.35 bits per heavy atom. The molecule has 2 nitrogen and oxygen atoms in total. The third-order valence-electron chi connectivity index (χ3n) is 2.33. The highest BCUT2D eigenvalue weighted by Gasteiger charge is 2.13. The summed E-state index contributed by atoms with van der Waals surface area (Å²) in [5.41, 5.74) is 1.09. The van der Waals surface area contributed by atoms with Crippen molar-refractivity contribution in [2.75, 3.05) is 6.54 Å². The number of nitrogens with zero attached hydrogens (tertiary/aromatic N) is 1. The third kappa shape index (κ3) is 3.09. The fourth-order valence-corrected chi connectivity index (χ4v) is 4.14. The molecule has 1 atom stereocenters. The van der Waals surface area contributed by atoms with E-state index in [1.165, 1.54) is 0 Å². The average Bonchev–Trinajstić information content (AvgIpc) is 2.87. The highest BCUT2D eigenvalue weighted by atomic mass is 79.9. The average molecular weight is 352 g/mol. The molecule has 2 aromatic heterocycles. The van der Waals surface area contributed by atoms with Gasteiger partial charge < -0.3 is 5.32 Å². The van der Waals surface area contributed by atoms with Crippen LogP contribution in [0.25, 0.3) is 9.88 Å². The lowest BCUT2D eigenvalue weighted by Gasteiger charge is -2.07. The van der Waals surface area contributed by atoms with E-state index in [1.807, 2.05) is 6.07 Å². The number of thiophene rings is 1. The second-order valence-corrected chi connectivity index (χ2v) is 6.96. The SMILES string of the molecule is CCNC(C)c1csc(-c2cc(Br)c(Cl)s2)n1. The summed E-state index contributed by atoms with van der Waals surface area (Å²) in [6.45, 7) is 5.17. The van der Waals surface area contributed by atoms with Crippen LogP contribution in [-0.4, -0.2) is 11.5 Å². The number of aromatic nitrogens is 1. The van der Waals surface area contributed by atoms with Crippen molar-refractivity contribution < 1.29 is 0 Å². The Hall–Kier alpha value is 0.0600. The van der Waals surface area contributed by atoms with Crippen LogP contribution in [-0.2, 0) is 0 Å². The Morgan fingerprint density at radius 1 is 1.59 bits per heavy atom. The maximum atomic E-state index is 6.03. The molecular weight excluding hydrogens is 340 g/mol. The minimum atomic E-state index is 0.295. The molecule has 0 radical (unpaired) electrons. The lowest BCUT2D eigenvalue weighted by molar-refractivity contribution is 0.587. The molecule has 1 N–H and O–H groups in total. The van der Waals surface area contributed by atoms with Crippen LogP contribution in [0.5, 0.6) is 0 Å². The molecule has 92 valence electrons. The standard InChI is InChI=1S/C11H12BrClN2S2/c1-3-14-6(2)8-5-16-11(15-8)9-4-7(12)10(13)17-9/h4-6,14H,3H2,1-2H3. The van der Waals surface area contributed by atoms with Gasteiger partial charge in [-0.1, -0.05) is 18.5 Å². The van der Waals surface area contributed by atoms with Crippen molar-refractivity contribution in [1.82, 2.24) is 10.3 Å². The third-order valence-corrected chi connectivity index (χ3v) is 5.84. The van der Waals surface area contributed by atoms with Gasteiger partial charge >= 0.3 is 0 Å². The topological polar surface area (TPSA) is 24.9 Å². The van der Waals surface area contributed by atoms with Gasteiger partial charge in [-0.3, -0.25) is 0 Å². The molecule has 0 aliphatic carbocycles. The maximum Gasteiger partial charge on any atom is 0.133 e. The van der Waals surface area contributed by atoms with Gasteiger partial charge in [0.25, 0.3) is 0 Å². The van der Waals surface area contributed by atoms with Crippen LogP contribution in [0.2, 0.25) is 4.34 Å². The summed E-state index contributed by atoms with van der Waals surface area (Å²) in [5.74, 6) is 0. The summed E-state index contributed by atoms with van der Waals surface area (Å²) in [5, 5.41) is 6.49. The molecule has 0 bridgehead atoms. The number of hydrogen-bond acceptors (Lipinski definition) is 4. The van der Waals surface area contributed by atoms with Crippen LogP contribution in [0.1, 0.15) is 25.6 Å². The van der Waals surface area contributed by atoms with Gasteiger partial charge in [-0.15, -0.1) is 22.7 Å². The normalized spacial score (nSPS) is 12.9. The first-order valence-electron chi connectivity index (χ1n) is 5.25. The van der Waals surface area contributed by atoms with E-state index < -0.39 is 0 Å². The molecule has 2 aromatic rings. The van der Waals surface area contributed by atoms with E-state index in [4.69, 9.17) is 11.6 Å². The Balaban J connectivity index is 2.23. The summed E-state index contributed by atoms with van der Waals surface area (Å²) in [6.07, 6.45) is 0. The van der Waals surface area contributed by atoms with E-state index >= 15 is 0 Å². The molecule has 0 saturated carbocycles. The van der Waals surface area contributed by atoms with Gasteiger partial charge in [0.1, 0.15) is 9.34 Å². The molecule has 0 aromatic carbocycles. The van der Waals surface area contributed by atoms with Crippen LogP contribution in [0.4, 0.5) is 0 Å². The first-order chi connectivity index (χ1) is 8.11. The van der Waals surface area contributed by atoms with Gasteiger partial charge in [0, 0.05) is 15.9 Å². The second-order valence-electron chi connectivity index (χ2n) is 3.59. The fraction of sp³-hybridized carbons (Fsp3) is 0.364. The van der Waals surface area contributed by atoms with E-state index in [2.05, 4.69) is 45.5 Å². The summed E-state index contributed by atoms with van der Waals surface area (Å²) in [7, 11) is 0. The van der Waals surface area contributed by atoms with Crippen molar-refractivity contribution in [2.24, 2.45) is 0 Å². The predicted molar refractivity (Wildman–Crippen MR) is 80.2 cm³/mol. The Morgan fingerprint density at radius 3 is 2.94 bits per heavy atom. The van der Waals surface area contributed by atoms with Crippen LogP contribution in [0.3, 0.4) is 0 Å². The van der Waals surface area contributed by atoms with Crippen molar-refractivity contribution >= 4 is 50.2 Å². The van der Waals surface area contributed by atoms with E-state index in [-0.39, 0.29) is 0 Å². The van der Waals surface area contributed by atoms with Gasteiger partial charge in [-0.05, 0) is 35.5 Å². The van der Waals surface area contributed by atoms with Gasteiger partial charge in [0.2, 0.25) is 0 Å². The van der Waals surface area contributed by atoms with Crippen LogP contribution in [0.15, 0.2) is 15.9 Å². The number of thiazole rings is 1. The monoisotopic (exact) mass is 350 g/mol. The lowest BCUT2D eigenvalue weighted by atomic mass is 10.2. The second kappa shape index (κ2) is 5.80. The molecular formula is C11H12BrClN2S2. The molecule has 6 heteroatoms. The Labute approximate surface area is 122 Å².